The van der Waals surface area contributed by atoms with E-state index in [1.165, 1.54) is 6.07 Å². The molecular weight excluding hydrogens is 430 g/mol. The molecule has 160 valence electrons. The van der Waals surface area contributed by atoms with Gasteiger partial charge in [-0.25, -0.2) is 27.3 Å². The van der Waals surface area contributed by atoms with E-state index < -0.39 is 26.6 Å². The molecule has 0 unspecified atom stereocenters. The fourth-order valence-corrected chi connectivity index (χ4v) is 3.06. The van der Waals surface area contributed by atoms with Crippen molar-refractivity contribution in [3.63, 3.8) is 0 Å². The number of aromatic nitrogens is 2. The second kappa shape index (κ2) is 9.33. The molecule has 0 aliphatic heterocycles. The fourth-order valence-electron chi connectivity index (χ4n) is 2.43. The van der Waals surface area contributed by atoms with Crippen LogP contribution in [0.2, 0.25) is 0 Å². The number of anilines is 4. The number of rotatable bonds is 8. The van der Waals surface area contributed by atoms with Crippen LogP contribution in [0.25, 0.3) is 0 Å². The van der Waals surface area contributed by atoms with Crippen molar-refractivity contribution in [1.29, 1.82) is 5.26 Å². The molecule has 0 spiro atoms. The van der Waals surface area contributed by atoms with Crippen LogP contribution < -0.4 is 20.5 Å². The number of nitrogens with one attached hydrogen (secondary N) is 2. The van der Waals surface area contributed by atoms with Gasteiger partial charge in [0.2, 0.25) is 16.0 Å². The summed E-state index contributed by atoms with van der Waals surface area (Å²) in [5, 5.41) is 19.0. The largest absolute Gasteiger partial charge is 0.493 e. The highest BCUT2D eigenvalue weighted by Crippen LogP contribution is 2.24. The summed E-state index contributed by atoms with van der Waals surface area (Å²) in [5.41, 5.74) is 0.649. The van der Waals surface area contributed by atoms with Gasteiger partial charge in [-0.05, 0) is 42.5 Å². The predicted molar refractivity (Wildman–Crippen MR) is 108 cm³/mol. The minimum absolute atomic E-state index is 0.0627. The van der Waals surface area contributed by atoms with Gasteiger partial charge in [-0.3, -0.25) is 0 Å². The number of nitriles is 1. The number of sulfonamides is 1. The Morgan fingerprint density at radius 1 is 1.06 bits per heavy atom. The molecule has 0 bridgehead atoms. The van der Waals surface area contributed by atoms with Gasteiger partial charge in [0.05, 0.1) is 18.7 Å². The van der Waals surface area contributed by atoms with Crippen molar-refractivity contribution >= 4 is 33.2 Å². The van der Waals surface area contributed by atoms with E-state index in [9.17, 15) is 17.2 Å². The predicted octanol–water partition coefficient (Wildman–Crippen LogP) is 3.18. The van der Waals surface area contributed by atoms with Crippen LogP contribution in [0.1, 0.15) is 6.42 Å². The lowest BCUT2D eigenvalue weighted by atomic mass is 10.3. The molecule has 9 nitrogen and oxygen atoms in total. The second-order valence-corrected chi connectivity index (χ2v) is 7.64. The quantitative estimate of drug-likeness (QED) is 0.448. The van der Waals surface area contributed by atoms with E-state index in [1.807, 2.05) is 6.07 Å². The number of primary sulfonamides is 1. The molecule has 0 radical (unpaired) electrons. The van der Waals surface area contributed by atoms with Gasteiger partial charge >= 0.3 is 0 Å². The number of nitrogens with two attached hydrogens (primary N) is 1. The topological polar surface area (TPSA) is 143 Å². The van der Waals surface area contributed by atoms with Crippen molar-refractivity contribution in [1.82, 2.24) is 9.97 Å². The zero-order valence-corrected chi connectivity index (χ0v) is 16.7. The summed E-state index contributed by atoms with van der Waals surface area (Å²) in [7, 11) is -4.27. The highest BCUT2D eigenvalue weighted by Gasteiger charge is 2.16. The van der Waals surface area contributed by atoms with Crippen molar-refractivity contribution in [2.24, 2.45) is 5.14 Å². The molecule has 0 amide bonds. The molecule has 0 fully saturated rings. The van der Waals surface area contributed by atoms with Gasteiger partial charge in [0.1, 0.15) is 23.1 Å². The molecule has 0 atom stereocenters. The lowest BCUT2D eigenvalue weighted by Gasteiger charge is -2.11. The maximum atomic E-state index is 14.1. The second-order valence-electron chi connectivity index (χ2n) is 6.11. The summed E-state index contributed by atoms with van der Waals surface area (Å²) in [6.45, 7) is 0.259. The molecule has 3 rings (SSSR count). The number of hydrogen-bond acceptors (Lipinski definition) is 8. The first-order valence-corrected chi connectivity index (χ1v) is 10.3. The lowest BCUT2D eigenvalue weighted by molar-refractivity contribution is 0.326. The maximum absolute atomic E-state index is 14.1. The maximum Gasteiger partial charge on any atom is 0.241 e. The minimum Gasteiger partial charge on any atom is -0.493 e. The number of halogens is 2. The van der Waals surface area contributed by atoms with Gasteiger partial charge < -0.3 is 15.4 Å². The molecule has 1 aromatic heterocycles. The van der Waals surface area contributed by atoms with E-state index in [0.717, 1.165) is 18.3 Å². The van der Waals surface area contributed by atoms with Crippen LogP contribution in [-0.4, -0.2) is 25.0 Å². The van der Waals surface area contributed by atoms with E-state index in [2.05, 4.69) is 20.6 Å². The molecule has 1 heterocycles. The molecule has 0 saturated heterocycles. The minimum atomic E-state index is -4.27. The van der Waals surface area contributed by atoms with E-state index in [1.54, 1.807) is 24.3 Å². The van der Waals surface area contributed by atoms with E-state index >= 15 is 0 Å². The highest BCUT2D eigenvalue weighted by molar-refractivity contribution is 7.89. The Labute approximate surface area is 176 Å². The Hall–Kier alpha value is -3.82. The molecule has 31 heavy (non-hydrogen) atoms. The van der Waals surface area contributed by atoms with Crippen LogP contribution in [0.4, 0.5) is 31.9 Å². The van der Waals surface area contributed by atoms with Gasteiger partial charge in [0.25, 0.3) is 0 Å². The SMILES string of the molecule is N#CCCOc1ccc(Nc2nc(Nc3ccc(F)c(S(N)(=O)=O)c3)ncc2F)cc1. The first kappa shape index (κ1) is 21.9. The van der Waals surface area contributed by atoms with Crippen LogP contribution in [0, 0.1) is 23.0 Å². The smallest absolute Gasteiger partial charge is 0.241 e. The molecule has 0 saturated carbocycles. The van der Waals surface area contributed by atoms with Crippen molar-refractivity contribution in [2.75, 3.05) is 17.2 Å². The summed E-state index contributed by atoms with van der Waals surface area (Å²) in [6, 6.07) is 11.7. The van der Waals surface area contributed by atoms with E-state index in [0.29, 0.717) is 11.4 Å². The standard InChI is InChI=1S/C19H16F2N6O3S/c20-15-7-4-13(10-17(15)31(23,28)29)26-19-24-11-16(21)18(27-19)25-12-2-5-14(6-3-12)30-9-1-8-22/h2-7,10-11H,1,9H2,(H2,23,28,29)(H2,24,25,26,27). The van der Waals surface area contributed by atoms with Gasteiger partial charge in [-0.15, -0.1) is 0 Å². The Balaban J connectivity index is 1.76. The first-order chi connectivity index (χ1) is 14.8. The number of ether oxygens (including phenoxy) is 1. The van der Waals surface area contributed by atoms with Crippen molar-refractivity contribution in [3.8, 4) is 11.8 Å². The molecule has 2 aromatic carbocycles. The van der Waals surface area contributed by atoms with Gasteiger partial charge in [0, 0.05) is 11.4 Å². The Morgan fingerprint density at radius 2 is 1.77 bits per heavy atom. The van der Waals surface area contributed by atoms with Gasteiger partial charge in [-0.1, -0.05) is 0 Å². The average Bonchev–Trinajstić information content (AvgIpc) is 2.72. The molecule has 4 N–H and O–H groups in total. The summed E-state index contributed by atoms with van der Waals surface area (Å²) in [4.78, 5) is 7.10. The highest BCUT2D eigenvalue weighted by atomic mass is 32.2. The normalized spacial score (nSPS) is 10.9. The third-order valence-electron chi connectivity index (χ3n) is 3.84. The molecule has 0 aliphatic carbocycles. The van der Waals surface area contributed by atoms with Crippen molar-refractivity contribution in [2.45, 2.75) is 11.3 Å². The summed E-state index contributed by atoms with van der Waals surface area (Å²) in [5.74, 6) is -1.40. The average molecular weight is 446 g/mol. The monoisotopic (exact) mass is 446 g/mol. The zero-order chi connectivity index (χ0) is 22.4. The fraction of sp³-hybridized carbons (Fsp3) is 0.105. The third kappa shape index (κ3) is 5.84. The van der Waals surface area contributed by atoms with Crippen LogP contribution in [-0.2, 0) is 10.0 Å². The number of hydrogen-bond donors (Lipinski definition) is 3. The Kier molecular flexibility index (Phi) is 6.58. The van der Waals surface area contributed by atoms with Crippen LogP contribution in [0.15, 0.2) is 53.6 Å². The molecule has 0 aliphatic rings. The van der Waals surface area contributed by atoms with E-state index in [-0.39, 0.29) is 30.5 Å². The van der Waals surface area contributed by atoms with Crippen LogP contribution >= 0.6 is 0 Å². The van der Waals surface area contributed by atoms with E-state index in [4.69, 9.17) is 15.1 Å². The number of benzene rings is 2. The molecular formula is C19H16F2N6O3S. The zero-order valence-electron chi connectivity index (χ0n) is 15.8. The van der Waals surface area contributed by atoms with Crippen LogP contribution in [0.5, 0.6) is 5.75 Å². The van der Waals surface area contributed by atoms with Crippen molar-refractivity contribution in [3.05, 3.63) is 60.3 Å². The number of nitrogens with zero attached hydrogens (tertiary/aromatic N) is 3. The third-order valence-corrected chi connectivity index (χ3v) is 4.76. The lowest BCUT2D eigenvalue weighted by Crippen LogP contribution is -2.14. The van der Waals surface area contributed by atoms with Gasteiger partial charge in [-0.2, -0.15) is 10.2 Å². The first-order valence-electron chi connectivity index (χ1n) is 8.75. The summed E-state index contributed by atoms with van der Waals surface area (Å²) in [6.07, 6.45) is 1.18. The van der Waals surface area contributed by atoms with Gasteiger partial charge in [0.15, 0.2) is 11.6 Å². The Bertz CT molecular complexity index is 1230. The molecule has 12 heteroatoms. The van der Waals surface area contributed by atoms with Crippen molar-refractivity contribution < 1.29 is 21.9 Å². The summed E-state index contributed by atoms with van der Waals surface area (Å²) < 4.78 is 56.1. The van der Waals surface area contributed by atoms with Crippen LogP contribution in [0.3, 0.4) is 0 Å². The Morgan fingerprint density at radius 3 is 2.45 bits per heavy atom. The molecule has 3 aromatic rings. The summed E-state index contributed by atoms with van der Waals surface area (Å²) >= 11 is 0.